The second-order valence-corrected chi connectivity index (χ2v) is 8.44. The second kappa shape index (κ2) is 10.7. The molecule has 0 aliphatic carbocycles. The topological polar surface area (TPSA) is 79.8 Å². The number of rotatable bonds is 5. The van der Waals surface area contributed by atoms with E-state index < -0.39 is 12.0 Å². The molecule has 1 saturated heterocycles. The highest BCUT2D eigenvalue weighted by molar-refractivity contribution is 6.02. The predicted molar refractivity (Wildman–Crippen MR) is 128 cm³/mol. The lowest BCUT2D eigenvalue weighted by atomic mass is 9.90. The molecule has 3 aromatic rings. The summed E-state index contributed by atoms with van der Waals surface area (Å²) in [5.41, 5.74) is 3.37. The zero-order valence-electron chi connectivity index (χ0n) is 19.1. The summed E-state index contributed by atoms with van der Waals surface area (Å²) in [5.74, 6) is -0.0458. The number of likely N-dealkylation sites (tertiary alicyclic amines) is 1. The molecule has 0 spiro atoms. The predicted octanol–water partition coefficient (Wildman–Crippen LogP) is 4.64. The van der Waals surface area contributed by atoms with Crippen molar-refractivity contribution >= 4 is 18.3 Å². The minimum absolute atomic E-state index is 0.171. The van der Waals surface area contributed by atoms with Crippen molar-refractivity contribution in [2.45, 2.75) is 19.3 Å². The minimum atomic E-state index is -0.560. The molecule has 7 heteroatoms. The number of pyridine rings is 1. The maximum absolute atomic E-state index is 12.9. The molecular weight excluding hydrogens is 430 g/mol. The Balaban J connectivity index is 1.34. The molecule has 2 heterocycles. The first-order valence-corrected chi connectivity index (χ1v) is 11.3. The summed E-state index contributed by atoms with van der Waals surface area (Å²) in [6.45, 7) is 1.16. The summed E-state index contributed by atoms with van der Waals surface area (Å²) >= 11 is 0. The Bertz CT molecular complexity index is 1140. The van der Waals surface area contributed by atoms with Crippen molar-refractivity contribution in [3.8, 4) is 11.1 Å². The van der Waals surface area contributed by atoms with E-state index in [9.17, 15) is 14.4 Å². The number of nitrogens with zero attached hydrogens (tertiary/aromatic N) is 3. The fraction of sp³-hybridized carbons (Fsp3) is 0.259. The van der Waals surface area contributed by atoms with Gasteiger partial charge in [0.25, 0.3) is 5.91 Å². The molecule has 0 bridgehead atoms. The third kappa shape index (κ3) is 5.49. The number of amides is 2. The van der Waals surface area contributed by atoms with Gasteiger partial charge in [-0.25, -0.2) is 4.79 Å². The smallest absolute Gasteiger partial charge is 0.319 e. The molecule has 174 valence electrons. The fourth-order valence-corrected chi connectivity index (χ4v) is 4.23. The van der Waals surface area contributed by atoms with Gasteiger partial charge in [-0.2, -0.15) is 5.06 Å². The monoisotopic (exact) mass is 457 g/mol. The first-order valence-electron chi connectivity index (χ1n) is 11.3. The van der Waals surface area contributed by atoms with E-state index in [1.54, 1.807) is 35.5 Å². The zero-order valence-corrected chi connectivity index (χ0v) is 19.1. The molecule has 0 saturated carbocycles. The number of aromatic nitrogens is 1. The molecular formula is C27H27N3O4. The molecule has 1 aliphatic rings. The molecule has 2 aromatic carbocycles. The summed E-state index contributed by atoms with van der Waals surface area (Å²) < 4.78 is 0. The van der Waals surface area contributed by atoms with Gasteiger partial charge in [-0.05, 0) is 66.1 Å². The van der Waals surface area contributed by atoms with E-state index in [2.05, 4.69) is 17.1 Å². The van der Waals surface area contributed by atoms with Crippen LogP contribution >= 0.6 is 0 Å². The van der Waals surface area contributed by atoms with Crippen LogP contribution in [0.5, 0.6) is 0 Å². The van der Waals surface area contributed by atoms with Crippen LogP contribution < -0.4 is 0 Å². The van der Waals surface area contributed by atoms with Gasteiger partial charge < -0.3 is 9.74 Å². The lowest BCUT2D eigenvalue weighted by molar-refractivity contribution is -0.0677. The maximum atomic E-state index is 12.9. The average Bonchev–Trinajstić information content (AvgIpc) is 2.89. The van der Waals surface area contributed by atoms with E-state index in [4.69, 9.17) is 4.84 Å². The van der Waals surface area contributed by atoms with Gasteiger partial charge in [-0.15, -0.1) is 0 Å². The Morgan fingerprint density at radius 1 is 1.03 bits per heavy atom. The van der Waals surface area contributed by atoms with Crippen molar-refractivity contribution in [2.75, 3.05) is 20.1 Å². The number of hydroxylamine groups is 2. The average molecular weight is 458 g/mol. The zero-order chi connectivity index (χ0) is 23.9. The Morgan fingerprint density at radius 2 is 1.74 bits per heavy atom. The van der Waals surface area contributed by atoms with Crippen molar-refractivity contribution in [3.63, 3.8) is 0 Å². The van der Waals surface area contributed by atoms with Gasteiger partial charge in [0.2, 0.25) is 0 Å². The number of hydrogen-bond acceptors (Lipinski definition) is 5. The standard InChI is InChI=1S/C27H27N3O4/c1-29(26(32)25-8-7-23(18-24(25)19-31)22-9-13-28-14-10-22)34-27(33)30-15-11-21(12-16-30)17-20-5-3-2-4-6-20/h2-10,13-14,18-19,21H,11-12,15-17H2,1H3. The third-order valence-electron chi connectivity index (χ3n) is 6.16. The van der Waals surface area contributed by atoms with Crippen molar-refractivity contribution < 1.29 is 19.2 Å². The second-order valence-electron chi connectivity index (χ2n) is 8.44. The minimum Gasteiger partial charge on any atom is -0.319 e. The molecule has 7 nitrogen and oxygen atoms in total. The number of aldehydes is 1. The first kappa shape index (κ1) is 23.2. The van der Waals surface area contributed by atoms with Crippen LogP contribution in [0.15, 0.2) is 73.1 Å². The van der Waals surface area contributed by atoms with Crippen LogP contribution in [-0.4, -0.2) is 53.4 Å². The molecule has 1 aliphatic heterocycles. The van der Waals surface area contributed by atoms with Crippen LogP contribution in [0.2, 0.25) is 0 Å². The van der Waals surface area contributed by atoms with Gasteiger partial charge in [0, 0.05) is 38.1 Å². The van der Waals surface area contributed by atoms with E-state index >= 15 is 0 Å². The molecule has 0 unspecified atom stereocenters. The molecule has 0 atom stereocenters. The summed E-state index contributed by atoms with van der Waals surface area (Å²) in [6, 6.07) is 18.9. The van der Waals surface area contributed by atoms with E-state index in [0.717, 1.165) is 35.5 Å². The van der Waals surface area contributed by atoms with Crippen LogP contribution in [0.4, 0.5) is 4.79 Å². The quantitative estimate of drug-likeness (QED) is 0.412. The molecule has 4 rings (SSSR count). The highest BCUT2D eigenvalue weighted by atomic mass is 16.7. The van der Waals surface area contributed by atoms with E-state index in [1.165, 1.54) is 12.6 Å². The molecule has 1 aromatic heterocycles. The van der Waals surface area contributed by atoms with Crippen molar-refractivity contribution in [1.29, 1.82) is 0 Å². The normalized spacial score (nSPS) is 13.9. The molecule has 0 radical (unpaired) electrons. The Kier molecular flexibility index (Phi) is 7.32. The number of hydrogen-bond donors (Lipinski definition) is 0. The third-order valence-corrected chi connectivity index (χ3v) is 6.16. The van der Waals surface area contributed by atoms with E-state index in [1.807, 2.05) is 30.3 Å². The van der Waals surface area contributed by atoms with Gasteiger partial charge in [0.05, 0.1) is 5.56 Å². The molecule has 0 N–H and O–H groups in total. The van der Waals surface area contributed by atoms with Gasteiger partial charge >= 0.3 is 6.09 Å². The summed E-state index contributed by atoms with van der Waals surface area (Å²) in [6.07, 6.45) is 6.15. The SMILES string of the molecule is CN(OC(=O)N1CCC(Cc2ccccc2)CC1)C(=O)c1ccc(-c2ccncc2)cc1C=O. The number of piperidine rings is 1. The largest absolute Gasteiger partial charge is 0.434 e. The highest BCUT2D eigenvalue weighted by Gasteiger charge is 2.27. The van der Waals surface area contributed by atoms with Crippen molar-refractivity contribution in [2.24, 2.45) is 5.92 Å². The van der Waals surface area contributed by atoms with E-state index in [-0.39, 0.29) is 11.1 Å². The summed E-state index contributed by atoms with van der Waals surface area (Å²) in [4.78, 5) is 48.1. The molecule has 2 amide bonds. The number of benzene rings is 2. The molecule has 1 fully saturated rings. The Hall–Kier alpha value is -4.00. The fourth-order valence-electron chi connectivity index (χ4n) is 4.23. The maximum Gasteiger partial charge on any atom is 0.434 e. The lowest BCUT2D eigenvalue weighted by Gasteiger charge is -2.32. The van der Waals surface area contributed by atoms with Crippen molar-refractivity contribution in [1.82, 2.24) is 14.9 Å². The summed E-state index contributed by atoms with van der Waals surface area (Å²) in [7, 11) is 1.38. The van der Waals surface area contributed by atoms with Gasteiger partial charge in [-0.3, -0.25) is 14.6 Å². The van der Waals surface area contributed by atoms with Gasteiger partial charge in [0.1, 0.15) is 0 Å². The van der Waals surface area contributed by atoms with Crippen LogP contribution in [0.25, 0.3) is 11.1 Å². The first-order chi connectivity index (χ1) is 16.5. The Morgan fingerprint density at radius 3 is 2.41 bits per heavy atom. The van der Waals surface area contributed by atoms with Crippen LogP contribution in [0.3, 0.4) is 0 Å². The number of carbonyl (C=O) groups is 3. The summed E-state index contributed by atoms with van der Waals surface area (Å²) in [5, 5.41) is 0.896. The lowest BCUT2D eigenvalue weighted by Crippen LogP contribution is -2.42. The molecule has 34 heavy (non-hydrogen) atoms. The van der Waals surface area contributed by atoms with E-state index in [0.29, 0.717) is 25.3 Å². The van der Waals surface area contributed by atoms with Crippen LogP contribution in [-0.2, 0) is 11.3 Å². The number of carbonyl (C=O) groups excluding carboxylic acids is 3. The van der Waals surface area contributed by atoms with Crippen LogP contribution in [0, 0.1) is 5.92 Å². The van der Waals surface area contributed by atoms with Gasteiger partial charge in [-0.1, -0.05) is 36.4 Å². The van der Waals surface area contributed by atoms with Crippen molar-refractivity contribution in [3.05, 3.63) is 89.7 Å². The van der Waals surface area contributed by atoms with Gasteiger partial charge in [0.15, 0.2) is 6.29 Å². The highest BCUT2D eigenvalue weighted by Crippen LogP contribution is 2.24. The Labute approximate surface area is 198 Å². The van der Waals surface area contributed by atoms with Crippen LogP contribution in [0.1, 0.15) is 39.1 Å².